The van der Waals surface area contributed by atoms with Gasteiger partial charge in [-0.05, 0) is 37.6 Å². The maximum atomic E-state index is 5.61. The molecule has 1 aromatic carbocycles. The third kappa shape index (κ3) is 2.98. The molecule has 2 heteroatoms. The largest absolute Gasteiger partial charge is 0.497 e. The number of benzene rings is 1. The van der Waals surface area contributed by atoms with Gasteiger partial charge in [-0.15, -0.1) is 0 Å². The van der Waals surface area contributed by atoms with Gasteiger partial charge in [0.1, 0.15) is 11.5 Å². The lowest BCUT2D eigenvalue weighted by molar-refractivity contribution is 0.217. The zero-order valence-electron chi connectivity index (χ0n) is 8.41. The lowest BCUT2D eigenvalue weighted by Gasteiger charge is -2.12. The van der Waals surface area contributed by atoms with Gasteiger partial charge in [-0.1, -0.05) is 6.92 Å². The topological polar surface area (TPSA) is 18.5 Å². The van der Waals surface area contributed by atoms with Crippen molar-refractivity contribution in [2.75, 3.05) is 7.11 Å². The molecule has 0 aliphatic carbocycles. The molecule has 0 bridgehead atoms. The summed E-state index contributed by atoms with van der Waals surface area (Å²) in [7, 11) is 1.66. The molecule has 0 fully saturated rings. The average Bonchev–Trinajstić information content (AvgIpc) is 2.19. The third-order valence-corrected chi connectivity index (χ3v) is 1.97. The highest BCUT2D eigenvalue weighted by molar-refractivity contribution is 5.31. The first-order chi connectivity index (χ1) is 6.26. The van der Waals surface area contributed by atoms with Crippen molar-refractivity contribution in [3.8, 4) is 11.5 Å². The van der Waals surface area contributed by atoms with E-state index in [0.29, 0.717) is 0 Å². The molecule has 1 aromatic rings. The summed E-state index contributed by atoms with van der Waals surface area (Å²) in [5, 5.41) is 0. The van der Waals surface area contributed by atoms with Crippen LogP contribution in [0.2, 0.25) is 0 Å². The first kappa shape index (κ1) is 9.90. The second kappa shape index (κ2) is 4.75. The Morgan fingerprint density at radius 3 is 2.15 bits per heavy atom. The Bertz CT molecular complexity index is 241. The van der Waals surface area contributed by atoms with Crippen LogP contribution in [0.5, 0.6) is 11.5 Å². The van der Waals surface area contributed by atoms with Gasteiger partial charge in [0.2, 0.25) is 0 Å². The SMILES string of the molecule is CC[C@@H](C)Oc1ccc(OC)cc1. The van der Waals surface area contributed by atoms with Crippen molar-refractivity contribution in [2.24, 2.45) is 0 Å². The summed E-state index contributed by atoms with van der Waals surface area (Å²) in [6, 6.07) is 7.64. The van der Waals surface area contributed by atoms with Crippen LogP contribution in [0, 0.1) is 0 Å². The van der Waals surface area contributed by atoms with Gasteiger partial charge in [0.25, 0.3) is 0 Å². The molecule has 1 rings (SSSR count). The molecule has 0 amide bonds. The Morgan fingerprint density at radius 1 is 1.15 bits per heavy atom. The van der Waals surface area contributed by atoms with E-state index in [1.165, 1.54) is 0 Å². The highest BCUT2D eigenvalue weighted by Crippen LogP contribution is 2.18. The molecular formula is C11H16O2. The molecule has 0 aromatic heterocycles. The third-order valence-electron chi connectivity index (χ3n) is 1.97. The molecule has 2 nitrogen and oxygen atoms in total. The predicted molar refractivity (Wildman–Crippen MR) is 53.4 cm³/mol. The van der Waals surface area contributed by atoms with E-state index >= 15 is 0 Å². The van der Waals surface area contributed by atoms with Crippen molar-refractivity contribution in [1.82, 2.24) is 0 Å². The summed E-state index contributed by atoms with van der Waals surface area (Å²) >= 11 is 0. The van der Waals surface area contributed by atoms with Gasteiger partial charge in [-0.3, -0.25) is 0 Å². The molecule has 0 saturated heterocycles. The molecule has 0 saturated carbocycles. The molecule has 13 heavy (non-hydrogen) atoms. The van der Waals surface area contributed by atoms with E-state index in [0.717, 1.165) is 17.9 Å². The highest BCUT2D eigenvalue weighted by Gasteiger charge is 2.00. The monoisotopic (exact) mass is 180 g/mol. The van der Waals surface area contributed by atoms with Crippen LogP contribution in [0.1, 0.15) is 20.3 Å². The van der Waals surface area contributed by atoms with Crippen LogP contribution in [-0.2, 0) is 0 Å². The van der Waals surface area contributed by atoms with E-state index < -0.39 is 0 Å². The smallest absolute Gasteiger partial charge is 0.119 e. The number of methoxy groups -OCH3 is 1. The number of ether oxygens (including phenoxy) is 2. The van der Waals surface area contributed by atoms with Crippen LogP contribution in [0.3, 0.4) is 0 Å². The molecular weight excluding hydrogens is 164 g/mol. The summed E-state index contributed by atoms with van der Waals surface area (Å²) < 4.78 is 10.7. The van der Waals surface area contributed by atoms with Gasteiger partial charge in [-0.25, -0.2) is 0 Å². The average molecular weight is 180 g/mol. The van der Waals surface area contributed by atoms with Crippen molar-refractivity contribution >= 4 is 0 Å². The fourth-order valence-electron chi connectivity index (χ4n) is 0.970. The van der Waals surface area contributed by atoms with Crippen LogP contribution in [-0.4, -0.2) is 13.2 Å². The predicted octanol–water partition coefficient (Wildman–Crippen LogP) is 2.87. The minimum Gasteiger partial charge on any atom is -0.497 e. The lowest BCUT2D eigenvalue weighted by atomic mass is 10.3. The van der Waals surface area contributed by atoms with E-state index in [4.69, 9.17) is 9.47 Å². The standard InChI is InChI=1S/C11H16O2/c1-4-9(2)13-11-7-5-10(12-3)6-8-11/h5-9H,4H2,1-3H3/t9-/m1/s1. The summed E-state index contributed by atoms with van der Waals surface area (Å²) in [5.74, 6) is 1.76. The highest BCUT2D eigenvalue weighted by atomic mass is 16.5. The van der Waals surface area contributed by atoms with E-state index in [-0.39, 0.29) is 6.10 Å². The van der Waals surface area contributed by atoms with Crippen LogP contribution in [0.4, 0.5) is 0 Å². The molecule has 0 spiro atoms. The Labute approximate surface area is 79.5 Å². The molecule has 72 valence electrons. The van der Waals surface area contributed by atoms with Gasteiger partial charge < -0.3 is 9.47 Å². The molecule has 0 radical (unpaired) electrons. The maximum absolute atomic E-state index is 5.61. The Kier molecular flexibility index (Phi) is 3.62. The molecule has 0 aliphatic heterocycles. The summed E-state index contributed by atoms with van der Waals surface area (Å²) in [5.41, 5.74) is 0. The van der Waals surface area contributed by atoms with Crippen molar-refractivity contribution in [2.45, 2.75) is 26.4 Å². The maximum Gasteiger partial charge on any atom is 0.119 e. The Hall–Kier alpha value is -1.18. The number of hydrogen-bond acceptors (Lipinski definition) is 2. The van der Waals surface area contributed by atoms with E-state index in [1.807, 2.05) is 24.3 Å². The fraction of sp³-hybridized carbons (Fsp3) is 0.455. The second-order valence-electron chi connectivity index (χ2n) is 3.01. The Balaban J connectivity index is 2.58. The van der Waals surface area contributed by atoms with Crippen LogP contribution >= 0.6 is 0 Å². The zero-order valence-corrected chi connectivity index (χ0v) is 8.41. The number of rotatable bonds is 4. The molecule has 1 atom stereocenters. The minimum atomic E-state index is 0.272. The normalized spacial score (nSPS) is 12.2. The van der Waals surface area contributed by atoms with Crippen LogP contribution < -0.4 is 9.47 Å². The van der Waals surface area contributed by atoms with Crippen LogP contribution in [0.25, 0.3) is 0 Å². The molecule has 0 heterocycles. The van der Waals surface area contributed by atoms with Crippen molar-refractivity contribution < 1.29 is 9.47 Å². The van der Waals surface area contributed by atoms with Gasteiger partial charge in [0.05, 0.1) is 13.2 Å². The summed E-state index contributed by atoms with van der Waals surface area (Å²) in [6.45, 7) is 4.17. The molecule has 0 aliphatic rings. The lowest BCUT2D eigenvalue weighted by Crippen LogP contribution is -2.09. The first-order valence-corrected chi connectivity index (χ1v) is 4.57. The van der Waals surface area contributed by atoms with E-state index in [2.05, 4.69) is 13.8 Å². The Morgan fingerprint density at radius 2 is 1.69 bits per heavy atom. The van der Waals surface area contributed by atoms with Crippen molar-refractivity contribution in [3.63, 3.8) is 0 Å². The molecule has 0 unspecified atom stereocenters. The van der Waals surface area contributed by atoms with Crippen molar-refractivity contribution in [1.29, 1.82) is 0 Å². The van der Waals surface area contributed by atoms with Crippen LogP contribution in [0.15, 0.2) is 24.3 Å². The van der Waals surface area contributed by atoms with Gasteiger partial charge >= 0.3 is 0 Å². The molecule has 0 N–H and O–H groups in total. The van der Waals surface area contributed by atoms with Crippen molar-refractivity contribution in [3.05, 3.63) is 24.3 Å². The van der Waals surface area contributed by atoms with Gasteiger partial charge in [0, 0.05) is 0 Å². The van der Waals surface area contributed by atoms with Gasteiger partial charge in [-0.2, -0.15) is 0 Å². The minimum absolute atomic E-state index is 0.272. The fourth-order valence-corrected chi connectivity index (χ4v) is 0.970. The van der Waals surface area contributed by atoms with E-state index in [9.17, 15) is 0 Å². The summed E-state index contributed by atoms with van der Waals surface area (Å²) in [6.07, 6.45) is 1.29. The first-order valence-electron chi connectivity index (χ1n) is 4.57. The zero-order chi connectivity index (χ0) is 9.68. The second-order valence-corrected chi connectivity index (χ2v) is 3.01. The number of hydrogen-bond donors (Lipinski definition) is 0. The van der Waals surface area contributed by atoms with Gasteiger partial charge in [0.15, 0.2) is 0 Å². The quantitative estimate of drug-likeness (QED) is 0.709. The van der Waals surface area contributed by atoms with E-state index in [1.54, 1.807) is 7.11 Å². The summed E-state index contributed by atoms with van der Waals surface area (Å²) in [4.78, 5) is 0.